The normalized spacial score (nSPS) is 23.7. The van der Waals surface area contributed by atoms with Gasteiger partial charge in [0.1, 0.15) is 0 Å². The molecule has 1 aliphatic rings. The van der Waals surface area contributed by atoms with Crippen LogP contribution in [0.3, 0.4) is 0 Å². The molecule has 0 saturated heterocycles. The topological polar surface area (TPSA) is 12.0 Å². The zero-order chi connectivity index (χ0) is 13.8. The smallest absolute Gasteiger partial charge is 0.382 e. The fourth-order valence-electron chi connectivity index (χ4n) is 2.21. The SMILES string of the molecule is CC1([Si](C)(C)C)Cc2cc(C(F)(F)F)ccc2N1. The van der Waals surface area contributed by atoms with Gasteiger partial charge in [0.2, 0.25) is 0 Å². The van der Waals surface area contributed by atoms with Crippen LogP contribution in [0.2, 0.25) is 19.6 Å². The zero-order valence-corrected chi connectivity index (χ0v) is 12.1. The summed E-state index contributed by atoms with van der Waals surface area (Å²) in [6, 6.07) is 4.00. The minimum atomic E-state index is -4.26. The number of halogens is 3. The number of rotatable bonds is 1. The summed E-state index contributed by atoms with van der Waals surface area (Å²) in [4.78, 5) is 0. The van der Waals surface area contributed by atoms with Gasteiger partial charge in [0.05, 0.1) is 13.6 Å². The first-order valence-electron chi connectivity index (χ1n) is 6.01. The van der Waals surface area contributed by atoms with Crippen LogP contribution in [0, 0.1) is 0 Å². The van der Waals surface area contributed by atoms with E-state index in [1.165, 1.54) is 6.07 Å². The van der Waals surface area contributed by atoms with Crippen LogP contribution in [0.1, 0.15) is 18.1 Å². The maximum Gasteiger partial charge on any atom is 0.416 e. The fourth-order valence-corrected chi connectivity index (χ4v) is 3.44. The van der Waals surface area contributed by atoms with Crippen molar-refractivity contribution in [3.05, 3.63) is 29.3 Å². The van der Waals surface area contributed by atoms with E-state index in [4.69, 9.17) is 0 Å². The number of anilines is 1. The molecule has 0 saturated carbocycles. The van der Waals surface area contributed by atoms with Gasteiger partial charge in [-0.1, -0.05) is 19.6 Å². The van der Waals surface area contributed by atoms with Crippen molar-refractivity contribution in [1.29, 1.82) is 0 Å². The van der Waals surface area contributed by atoms with Crippen molar-refractivity contribution < 1.29 is 13.2 Å². The largest absolute Gasteiger partial charge is 0.416 e. The average Bonchev–Trinajstić information content (AvgIpc) is 2.51. The van der Waals surface area contributed by atoms with Gasteiger partial charge in [-0.15, -0.1) is 0 Å². The zero-order valence-electron chi connectivity index (χ0n) is 11.1. The molecule has 100 valence electrons. The number of hydrogen-bond acceptors (Lipinski definition) is 1. The molecule has 0 fully saturated rings. The molecule has 18 heavy (non-hydrogen) atoms. The summed E-state index contributed by atoms with van der Waals surface area (Å²) in [7, 11) is -1.50. The Bertz CT molecular complexity index is 476. The molecule has 0 radical (unpaired) electrons. The molecule has 2 rings (SSSR count). The van der Waals surface area contributed by atoms with Crippen molar-refractivity contribution in [2.24, 2.45) is 0 Å². The summed E-state index contributed by atoms with van der Waals surface area (Å²) in [5, 5.41) is 3.35. The van der Waals surface area contributed by atoms with E-state index in [9.17, 15) is 13.2 Å². The maximum absolute atomic E-state index is 12.7. The highest BCUT2D eigenvalue weighted by Crippen LogP contribution is 2.40. The molecule has 0 amide bonds. The van der Waals surface area contributed by atoms with Crippen molar-refractivity contribution in [2.45, 2.75) is 44.3 Å². The molecular formula is C13H18F3NSi. The molecule has 0 aromatic heterocycles. The minimum absolute atomic E-state index is 0.0699. The van der Waals surface area contributed by atoms with E-state index >= 15 is 0 Å². The van der Waals surface area contributed by atoms with Crippen molar-refractivity contribution in [3.63, 3.8) is 0 Å². The van der Waals surface area contributed by atoms with Gasteiger partial charge in [0.25, 0.3) is 0 Å². The van der Waals surface area contributed by atoms with E-state index in [2.05, 4.69) is 31.9 Å². The Kier molecular flexibility index (Phi) is 2.81. The summed E-state index contributed by atoms with van der Waals surface area (Å²) in [6.45, 7) is 8.82. The Morgan fingerprint density at radius 1 is 1.22 bits per heavy atom. The van der Waals surface area contributed by atoms with Gasteiger partial charge in [-0.2, -0.15) is 13.2 Å². The van der Waals surface area contributed by atoms with Gasteiger partial charge in [-0.05, 0) is 37.1 Å². The van der Waals surface area contributed by atoms with Crippen LogP contribution >= 0.6 is 0 Å². The second-order valence-corrected chi connectivity index (χ2v) is 11.9. The lowest BCUT2D eigenvalue weighted by atomic mass is 10.1. The highest BCUT2D eigenvalue weighted by Gasteiger charge is 2.44. The molecule has 1 atom stereocenters. The second-order valence-electron chi connectivity index (χ2n) is 6.25. The van der Waals surface area contributed by atoms with E-state index in [0.717, 1.165) is 17.3 Å². The van der Waals surface area contributed by atoms with E-state index in [1.54, 1.807) is 6.07 Å². The molecule has 5 heteroatoms. The highest BCUT2D eigenvalue weighted by molar-refractivity contribution is 6.79. The molecule has 0 bridgehead atoms. The van der Waals surface area contributed by atoms with Crippen molar-refractivity contribution in [2.75, 3.05) is 5.32 Å². The Balaban J connectivity index is 2.37. The maximum atomic E-state index is 12.7. The predicted molar refractivity (Wildman–Crippen MR) is 70.5 cm³/mol. The van der Waals surface area contributed by atoms with Crippen molar-refractivity contribution in [1.82, 2.24) is 0 Å². The number of alkyl halides is 3. The van der Waals surface area contributed by atoms with Crippen LogP contribution in [0.5, 0.6) is 0 Å². The Morgan fingerprint density at radius 3 is 2.33 bits per heavy atom. The first-order valence-corrected chi connectivity index (χ1v) is 9.51. The van der Waals surface area contributed by atoms with Gasteiger partial charge in [-0.3, -0.25) is 0 Å². The molecule has 1 unspecified atom stereocenters. The summed E-state index contributed by atoms with van der Waals surface area (Å²) in [5.41, 5.74) is 1.09. The number of benzene rings is 1. The van der Waals surface area contributed by atoms with E-state index < -0.39 is 19.8 Å². The third kappa shape index (κ3) is 2.16. The Hall–Kier alpha value is -0.973. The quantitative estimate of drug-likeness (QED) is 0.752. The summed E-state index contributed by atoms with van der Waals surface area (Å²) < 4.78 is 38.0. The third-order valence-corrected chi connectivity index (χ3v) is 7.65. The van der Waals surface area contributed by atoms with Gasteiger partial charge < -0.3 is 5.32 Å². The van der Waals surface area contributed by atoms with E-state index in [0.29, 0.717) is 6.42 Å². The lowest BCUT2D eigenvalue weighted by Gasteiger charge is -2.37. The van der Waals surface area contributed by atoms with Gasteiger partial charge in [-0.25, -0.2) is 0 Å². The first kappa shape index (κ1) is 13.5. The molecular weight excluding hydrogens is 255 g/mol. The molecule has 1 nitrogen and oxygen atoms in total. The van der Waals surface area contributed by atoms with Crippen LogP contribution in [-0.2, 0) is 12.6 Å². The van der Waals surface area contributed by atoms with Crippen molar-refractivity contribution in [3.8, 4) is 0 Å². The van der Waals surface area contributed by atoms with Gasteiger partial charge in [0, 0.05) is 10.8 Å². The standard InChI is InChI=1S/C13H18F3NSi/c1-12(18(2,3)4)8-9-7-10(13(14,15)16)5-6-11(9)17-12/h5-7,17H,8H2,1-4H3. The second kappa shape index (κ2) is 3.76. The lowest BCUT2D eigenvalue weighted by molar-refractivity contribution is -0.137. The predicted octanol–water partition coefficient (Wildman–Crippen LogP) is 4.31. The number of fused-ring (bicyclic) bond motifs is 1. The molecule has 0 spiro atoms. The minimum Gasteiger partial charge on any atom is -0.382 e. The highest BCUT2D eigenvalue weighted by atomic mass is 28.3. The molecule has 1 heterocycles. The fraction of sp³-hybridized carbons (Fsp3) is 0.538. The lowest BCUT2D eigenvalue weighted by Crippen LogP contribution is -2.54. The van der Waals surface area contributed by atoms with Crippen LogP contribution in [-0.4, -0.2) is 13.2 Å². The number of hydrogen-bond donors (Lipinski definition) is 1. The summed E-state index contributed by atoms with van der Waals surface area (Å²) in [6.07, 6.45) is -3.57. The molecule has 1 aromatic carbocycles. The Morgan fingerprint density at radius 2 is 1.83 bits per heavy atom. The number of nitrogens with one attached hydrogen (secondary N) is 1. The van der Waals surface area contributed by atoms with Crippen LogP contribution in [0.15, 0.2) is 18.2 Å². The van der Waals surface area contributed by atoms with E-state index in [1.807, 2.05) is 0 Å². The first-order chi connectivity index (χ1) is 8.03. The summed E-state index contributed by atoms with van der Waals surface area (Å²) >= 11 is 0. The van der Waals surface area contributed by atoms with Crippen LogP contribution < -0.4 is 5.32 Å². The average molecular weight is 273 g/mol. The van der Waals surface area contributed by atoms with Crippen LogP contribution in [0.4, 0.5) is 18.9 Å². The molecule has 1 N–H and O–H groups in total. The van der Waals surface area contributed by atoms with E-state index in [-0.39, 0.29) is 5.16 Å². The third-order valence-electron chi connectivity index (χ3n) is 4.04. The molecule has 1 aliphatic heterocycles. The monoisotopic (exact) mass is 273 g/mol. The van der Waals surface area contributed by atoms with Crippen molar-refractivity contribution >= 4 is 13.8 Å². The van der Waals surface area contributed by atoms with Gasteiger partial charge >= 0.3 is 6.18 Å². The Labute approximate surface area is 106 Å². The van der Waals surface area contributed by atoms with Crippen LogP contribution in [0.25, 0.3) is 0 Å². The van der Waals surface area contributed by atoms with Gasteiger partial charge in [0.15, 0.2) is 0 Å². The molecule has 1 aromatic rings. The summed E-state index contributed by atoms with van der Waals surface area (Å²) in [5.74, 6) is 0. The molecule has 0 aliphatic carbocycles.